The second-order valence-corrected chi connectivity index (χ2v) is 13.4. The van der Waals surface area contributed by atoms with Gasteiger partial charge in [0.15, 0.2) is 0 Å². The number of anilines is 1. The molecule has 13 nitrogen and oxygen atoms in total. The highest BCUT2D eigenvalue weighted by molar-refractivity contribution is 5.93. The summed E-state index contributed by atoms with van der Waals surface area (Å²) in [6.07, 6.45) is 1.17. The molecule has 4 amide bonds. The number of hydrogen-bond acceptors (Lipinski definition) is 9. The zero-order chi connectivity index (χ0) is 36.7. The third-order valence-corrected chi connectivity index (χ3v) is 9.13. The highest BCUT2D eigenvalue weighted by Crippen LogP contribution is 2.41. The van der Waals surface area contributed by atoms with Crippen molar-refractivity contribution >= 4 is 35.5 Å². The minimum absolute atomic E-state index is 0.00768. The quantitative estimate of drug-likeness (QED) is 0.263. The van der Waals surface area contributed by atoms with Gasteiger partial charge in [-0.2, -0.15) is 0 Å². The summed E-state index contributed by atoms with van der Waals surface area (Å²) in [5.74, 6) is -4.39. The van der Waals surface area contributed by atoms with Gasteiger partial charge in [-0.05, 0) is 63.3 Å². The average Bonchev–Trinajstić information content (AvgIpc) is 3.05. The Morgan fingerprint density at radius 2 is 1.62 bits per heavy atom. The SMILES string of the molecule is CO[C@@]1(C[C@@H]2C(=O)N[C@@H](c3ccc(O)cc3)CC(=O)O[C@@H](C)C[C@@H](C)C=C(C)C[C@H](C)C(=O)N[C@@H](C)C(=O)N2C)OC(=O)Nc2ccccc21. The van der Waals surface area contributed by atoms with Crippen molar-refractivity contribution in [2.24, 2.45) is 11.8 Å². The van der Waals surface area contributed by atoms with Crippen LogP contribution in [0, 0.1) is 11.8 Å². The zero-order valence-corrected chi connectivity index (χ0v) is 29.6. The first-order chi connectivity index (χ1) is 23.6. The molecule has 7 atom stereocenters. The minimum atomic E-state index is -1.80. The van der Waals surface area contributed by atoms with E-state index in [1.807, 2.05) is 19.9 Å². The van der Waals surface area contributed by atoms with Crippen molar-refractivity contribution < 1.29 is 43.3 Å². The van der Waals surface area contributed by atoms with Crippen molar-refractivity contribution in [3.8, 4) is 5.75 Å². The summed E-state index contributed by atoms with van der Waals surface area (Å²) < 4.78 is 17.3. The highest BCUT2D eigenvalue weighted by atomic mass is 16.7. The van der Waals surface area contributed by atoms with E-state index in [1.54, 1.807) is 50.2 Å². The summed E-state index contributed by atoms with van der Waals surface area (Å²) in [6, 6.07) is 9.49. The van der Waals surface area contributed by atoms with Crippen molar-refractivity contribution in [1.29, 1.82) is 0 Å². The molecule has 0 fully saturated rings. The summed E-state index contributed by atoms with van der Waals surface area (Å²) in [4.78, 5) is 68.9. The van der Waals surface area contributed by atoms with Gasteiger partial charge in [-0.3, -0.25) is 24.5 Å². The number of amides is 4. The van der Waals surface area contributed by atoms with Crippen LogP contribution in [0.2, 0.25) is 0 Å². The Hall–Kier alpha value is -4.91. The van der Waals surface area contributed by atoms with Crippen LogP contribution in [0.3, 0.4) is 0 Å². The maximum atomic E-state index is 14.4. The highest BCUT2D eigenvalue weighted by Gasteiger charge is 2.48. The summed E-state index contributed by atoms with van der Waals surface area (Å²) >= 11 is 0. The van der Waals surface area contributed by atoms with Crippen molar-refractivity contribution in [2.45, 2.75) is 90.3 Å². The summed E-state index contributed by atoms with van der Waals surface area (Å²) in [7, 11) is 2.75. The topological polar surface area (TPSA) is 173 Å². The van der Waals surface area contributed by atoms with Gasteiger partial charge >= 0.3 is 12.1 Å². The number of allylic oxidation sites excluding steroid dienone is 2. The first-order valence-corrected chi connectivity index (χ1v) is 16.8. The van der Waals surface area contributed by atoms with Crippen molar-refractivity contribution in [3.63, 3.8) is 0 Å². The van der Waals surface area contributed by atoms with Crippen LogP contribution in [0.15, 0.2) is 60.2 Å². The van der Waals surface area contributed by atoms with Crippen LogP contribution in [0.25, 0.3) is 0 Å². The molecule has 0 spiro atoms. The molecule has 0 radical (unpaired) electrons. The number of aromatic hydroxyl groups is 1. The molecule has 0 aromatic heterocycles. The first-order valence-electron chi connectivity index (χ1n) is 16.8. The number of carbonyl (C=O) groups is 5. The van der Waals surface area contributed by atoms with E-state index in [9.17, 15) is 29.1 Å². The molecule has 0 unspecified atom stereocenters. The minimum Gasteiger partial charge on any atom is -0.508 e. The molecular weight excluding hydrogens is 644 g/mol. The van der Waals surface area contributed by atoms with Crippen LogP contribution in [0.4, 0.5) is 10.5 Å². The number of carbonyl (C=O) groups excluding carboxylic acids is 5. The monoisotopic (exact) mass is 692 g/mol. The fourth-order valence-electron chi connectivity index (χ4n) is 6.62. The number of nitrogens with zero attached hydrogens (tertiary/aromatic N) is 1. The molecule has 270 valence electrons. The van der Waals surface area contributed by atoms with Gasteiger partial charge in [-0.25, -0.2) is 4.79 Å². The Morgan fingerprint density at radius 3 is 2.30 bits per heavy atom. The van der Waals surface area contributed by atoms with Crippen LogP contribution >= 0.6 is 0 Å². The van der Waals surface area contributed by atoms with Gasteiger partial charge in [-0.15, -0.1) is 0 Å². The first kappa shape index (κ1) is 37.9. The number of esters is 1. The lowest BCUT2D eigenvalue weighted by Gasteiger charge is -2.41. The summed E-state index contributed by atoms with van der Waals surface area (Å²) in [5, 5.41) is 18.3. The van der Waals surface area contributed by atoms with E-state index in [1.165, 1.54) is 38.1 Å². The zero-order valence-electron chi connectivity index (χ0n) is 29.6. The second-order valence-electron chi connectivity index (χ2n) is 13.4. The molecule has 0 bridgehead atoms. The standard InChI is InChI=1S/C37H48N4O9/c1-21-16-22(2)18-24(4)49-32(43)19-30(26-12-14-27(42)15-13-26)39-34(45)31(41(6)35(46)25(5)38-33(44)23(3)17-21)20-37(48-7)28-10-8-9-11-29(28)40-36(47)50-37/h8-16,22-25,30-31,42H,17-20H2,1-7H3,(H,38,44)(H,39,45)(H,40,47)/t22-,23-,24-,25-,30+,31+,37-/m0/s1. The fourth-order valence-corrected chi connectivity index (χ4v) is 6.62. The maximum absolute atomic E-state index is 14.4. The van der Waals surface area contributed by atoms with Gasteiger partial charge in [0.05, 0.1) is 24.3 Å². The number of cyclic esters (lactones) is 2. The van der Waals surface area contributed by atoms with E-state index in [-0.39, 0.29) is 30.4 Å². The molecular formula is C37H48N4O9. The molecule has 0 aliphatic carbocycles. The number of rotatable bonds is 4. The predicted octanol–water partition coefficient (Wildman–Crippen LogP) is 4.67. The number of phenolic OH excluding ortho intramolecular Hbond substituents is 1. The second kappa shape index (κ2) is 16.2. The molecule has 2 aliphatic rings. The molecule has 0 saturated carbocycles. The van der Waals surface area contributed by atoms with Gasteiger partial charge < -0.3 is 34.9 Å². The van der Waals surface area contributed by atoms with Gasteiger partial charge in [0.25, 0.3) is 0 Å². The summed E-state index contributed by atoms with van der Waals surface area (Å²) in [6.45, 7) is 9.04. The van der Waals surface area contributed by atoms with Gasteiger partial charge in [0.2, 0.25) is 23.5 Å². The molecule has 2 aromatic carbocycles. The third kappa shape index (κ3) is 9.20. The van der Waals surface area contributed by atoms with Crippen molar-refractivity contribution in [3.05, 3.63) is 71.3 Å². The molecule has 4 N–H and O–H groups in total. The van der Waals surface area contributed by atoms with Gasteiger partial charge in [-0.1, -0.05) is 55.8 Å². The lowest BCUT2D eigenvalue weighted by Crippen LogP contribution is -2.57. The number of fused-ring (bicyclic) bond motifs is 1. The Bertz CT molecular complexity index is 1610. The maximum Gasteiger partial charge on any atom is 0.414 e. The van der Waals surface area contributed by atoms with Crippen LogP contribution in [-0.2, 0) is 39.2 Å². The normalized spacial score (nSPS) is 29.1. The molecule has 2 aromatic rings. The Labute approximate surface area is 292 Å². The number of benzene rings is 2. The molecule has 2 aliphatic heterocycles. The van der Waals surface area contributed by atoms with Crippen molar-refractivity contribution in [2.75, 3.05) is 19.5 Å². The Kier molecular flexibility index (Phi) is 12.3. The van der Waals surface area contributed by atoms with Crippen molar-refractivity contribution in [1.82, 2.24) is 15.5 Å². The number of likely N-dealkylation sites (N-methyl/N-ethyl adjacent to an activating group) is 1. The number of ether oxygens (including phenoxy) is 3. The number of methoxy groups -OCH3 is 1. The van der Waals surface area contributed by atoms with E-state index in [0.717, 1.165) is 5.57 Å². The van der Waals surface area contributed by atoms with E-state index < -0.39 is 59.8 Å². The summed E-state index contributed by atoms with van der Waals surface area (Å²) in [5.41, 5.74) is 2.31. The van der Waals surface area contributed by atoms with Crippen LogP contribution in [-0.4, -0.2) is 72.1 Å². The number of nitrogens with one attached hydrogen (secondary N) is 3. The smallest absolute Gasteiger partial charge is 0.414 e. The molecule has 13 heteroatoms. The third-order valence-electron chi connectivity index (χ3n) is 9.13. The number of para-hydroxylation sites is 1. The van der Waals surface area contributed by atoms with E-state index >= 15 is 0 Å². The Balaban J connectivity index is 1.78. The van der Waals surface area contributed by atoms with Crippen LogP contribution < -0.4 is 16.0 Å². The van der Waals surface area contributed by atoms with E-state index in [0.29, 0.717) is 29.7 Å². The largest absolute Gasteiger partial charge is 0.508 e. The van der Waals surface area contributed by atoms with Crippen LogP contribution in [0.1, 0.15) is 77.5 Å². The lowest BCUT2D eigenvalue weighted by molar-refractivity contribution is -0.206. The molecule has 0 saturated heterocycles. The fraction of sp³-hybridized carbons (Fsp3) is 0.486. The van der Waals surface area contributed by atoms with Gasteiger partial charge in [0, 0.05) is 32.1 Å². The molecule has 4 rings (SSSR count). The average molecular weight is 693 g/mol. The van der Waals surface area contributed by atoms with E-state index in [2.05, 4.69) is 16.0 Å². The molecule has 50 heavy (non-hydrogen) atoms. The number of hydrogen-bond donors (Lipinski definition) is 4. The molecule has 2 heterocycles. The van der Waals surface area contributed by atoms with E-state index in [4.69, 9.17) is 14.2 Å². The predicted molar refractivity (Wildman–Crippen MR) is 184 cm³/mol. The Morgan fingerprint density at radius 1 is 0.940 bits per heavy atom. The number of phenols is 1. The lowest BCUT2D eigenvalue weighted by atomic mass is 9.93. The van der Waals surface area contributed by atoms with Crippen LogP contribution in [0.5, 0.6) is 5.75 Å². The van der Waals surface area contributed by atoms with Gasteiger partial charge in [0.1, 0.15) is 17.8 Å².